The molecule has 0 aromatic carbocycles. The van der Waals surface area contributed by atoms with Crippen LogP contribution in [0, 0.1) is 40.4 Å². The van der Waals surface area contributed by atoms with Gasteiger partial charge in [-0.05, 0) is 67.6 Å². The maximum atomic E-state index is 13.3. The Morgan fingerprint density at radius 3 is 2.50 bits per heavy atom. The Labute approximate surface area is 144 Å². The predicted molar refractivity (Wildman–Crippen MR) is 91.3 cm³/mol. The normalized spacial score (nSPS) is 50.9. The minimum absolute atomic E-state index is 0.0174. The molecule has 4 aliphatic rings. The number of hydrogen-bond donors (Lipinski definition) is 0. The third kappa shape index (κ3) is 2.05. The molecule has 4 fully saturated rings. The smallest absolute Gasteiger partial charge is 0.137 e. The van der Waals surface area contributed by atoms with Crippen LogP contribution < -0.4 is 0 Å². The van der Waals surface area contributed by atoms with Crippen LogP contribution in [-0.2, 0) is 14.4 Å². The van der Waals surface area contributed by atoms with Crippen molar-refractivity contribution in [1.82, 2.24) is 0 Å². The number of fused-ring (bicyclic) bond motifs is 5. The predicted octanol–water partition coefficient (Wildman–Crippen LogP) is 3.98. The van der Waals surface area contributed by atoms with Gasteiger partial charge in [0.2, 0.25) is 0 Å². The number of rotatable bonds is 1. The van der Waals surface area contributed by atoms with Crippen molar-refractivity contribution in [3.05, 3.63) is 0 Å². The molecule has 4 aliphatic carbocycles. The van der Waals surface area contributed by atoms with E-state index in [1.807, 2.05) is 0 Å². The van der Waals surface area contributed by atoms with Gasteiger partial charge >= 0.3 is 0 Å². The molecule has 7 atom stereocenters. The van der Waals surface area contributed by atoms with Crippen LogP contribution in [0.3, 0.4) is 0 Å². The summed E-state index contributed by atoms with van der Waals surface area (Å²) in [7, 11) is 0. The summed E-state index contributed by atoms with van der Waals surface area (Å²) in [5, 5.41) is 0. The van der Waals surface area contributed by atoms with Crippen molar-refractivity contribution < 1.29 is 14.4 Å². The van der Waals surface area contributed by atoms with E-state index in [2.05, 4.69) is 13.8 Å². The first kappa shape index (κ1) is 16.5. The van der Waals surface area contributed by atoms with Gasteiger partial charge in [0.05, 0.1) is 0 Å². The second-order valence-corrected chi connectivity index (χ2v) is 9.66. The quantitative estimate of drug-likeness (QED) is 0.730. The van der Waals surface area contributed by atoms with E-state index in [0.29, 0.717) is 48.6 Å². The monoisotopic (exact) mass is 330 g/mol. The van der Waals surface area contributed by atoms with E-state index in [1.54, 1.807) is 6.92 Å². The van der Waals surface area contributed by atoms with E-state index in [9.17, 15) is 14.4 Å². The Morgan fingerprint density at radius 2 is 1.79 bits per heavy atom. The van der Waals surface area contributed by atoms with Crippen LogP contribution in [0.2, 0.25) is 0 Å². The number of ketones is 3. The SMILES string of the molecule is CC(=O)[C@H]1CC[C@H]2[C@@H]3CC[C@@H]4CC(=O)CC[C@]4(C)[C@H]3C(=O)C[C@@]12C. The summed E-state index contributed by atoms with van der Waals surface area (Å²) in [6.07, 6.45) is 7.05. The highest BCUT2D eigenvalue weighted by atomic mass is 16.1. The van der Waals surface area contributed by atoms with Crippen molar-refractivity contribution in [2.24, 2.45) is 40.4 Å². The standard InChI is InChI=1S/C21H30O3/c1-12(22)16-6-7-17-15-5-4-13-10-14(23)8-9-20(13,2)19(15)18(24)11-21(16,17)3/h13,15-17,19H,4-11H2,1-3H3/t13-,15+,16-,17+,19-,20+,21+/m1/s1. The molecule has 0 heterocycles. The van der Waals surface area contributed by atoms with E-state index >= 15 is 0 Å². The molecular formula is C21H30O3. The molecule has 3 nitrogen and oxygen atoms in total. The Hall–Kier alpha value is -0.990. The van der Waals surface area contributed by atoms with Gasteiger partial charge in [0.15, 0.2) is 0 Å². The van der Waals surface area contributed by atoms with Crippen LogP contribution in [0.25, 0.3) is 0 Å². The molecule has 4 rings (SSSR count). The Bertz CT molecular complexity index is 608. The number of hydrogen-bond acceptors (Lipinski definition) is 3. The zero-order valence-corrected chi connectivity index (χ0v) is 15.3. The first-order valence-electron chi connectivity index (χ1n) is 9.82. The van der Waals surface area contributed by atoms with Gasteiger partial charge in [0, 0.05) is 31.1 Å². The van der Waals surface area contributed by atoms with Crippen LogP contribution in [0.15, 0.2) is 0 Å². The molecule has 0 radical (unpaired) electrons. The van der Waals surface area contributed by atoms with Crippen molar-refractivity contribution >= 4 is 17.3 Å². The first-order valence-corrected chi connectivity index (χ1v) is 9.82. The summed E-state index contributed by atoms with van der Waals surface area (Å²) >= 11 is 0. The fourth-order valence-electron chi connectivity index (χ4n) is 7.53. The highest BCUT2D eigenvalue weighted by molar-refractivity contribution is 5.87. The fraction of sp³-hybridized carbons (Fsp3) is 0.857. The van der Waals surface area contributed by atoms with Crippen LogP contribution in [0.5, 0.6) is 0 Å². The molecule has 3 heteroatoms. The first-order chi connectivity index (χ1) is 11.3. The van der Waals surface area contributed by atoms with Crippen molar-refractivity contribution in [2.45, 2.75) is 72.1 Å². The molecular weight excluding hydrogens is 300 g/mol. The van der Waals surface area contributed by atoms with Gasteiger partial charge in [-0.3, -0.25) is 14.4 Å². The average molecular weight is 330 g/mol. The summed E-state index contributed by atoms with van der Waals surface area (Å²) in [6, 6.07) is 0. The van der Waals surface area contributed by atoms with Crippen LogP contribution in [0.4, 0.5) is 0 Å². The maximum Gasteiger partial charge on any atom is 0.137 e. The van der Waals surface area contributed by atoms with E-state index in [-0.39, 0.29) is 28.4 Å². The molecule has 0 saturated heterocycles. The van der Waals surface area contributed by atoms with E-state index in [4.69, 9.17) is 0 Å². The highest BCUT2D eigenvalue weighted by Gasteiger charge is 2.63. The Morgan fingerprint density at radius 1 is 1.04 bits per heavy atom. The molecule has 24 heavy (non-hydrogen) atoms. The third-order valence-electron chi connectivity index (χ3n) is 8.66. The fourth-order valence-corrected chi connectivity index (χ4v) is 7.53. The number of Topliss-reactive ketones (excluding diaryl/α,β-unsaturated/α-hetero) is 3. The van der Waals surface area contributed by atoms with Crippen molar-refractivity contribution in [3.8, 4) is 0 Å². The van der Waals surface area contributed by atoms with Crippen molar-refractivity contribution in [3.63, 3.8) is 0 Å². The van der Waals surface area contributed by atoms with Crippen LogP contribution in [-0.4, -0.2) is 17.3 Å². The van der Waals surface area contributed by atoms with E-state index < -0.39 is 0 Å². The lowest BCUT2D eigenvalue weighted by molar-refractivity contribution is -0.161. The number of carbonyl (C=O) groups is 3. The van der Waals surface area contributed by atoms with Gasteiger partial charge in [0.25, 0.3) is 0 Å². The van der Waals surface area contributed by atoms with Gasteiger partial charge in [-0.1, -0.05) is 13.8 Å². The molecule has 0 N–H and O–H groups in total. The van der Waals surface area contributed by atoms with Crippen molar-refractivity contribution in [2.75, 3.05) is 0 Å². The molecule has 0 amide bonds. The summed E-state index contributed by atoms with van der Waals surface area (Å²) in [5.41, 5.74) is -0.0959. The van der Waals surface area contributed by atoms with Gasteiger partial charge in [-0.25, -0.2) is 0 Å². The van der Waals surface area contributed by atoms with Gasteiger partial charge in [-0.15, -0.1) is 0 Å². The van der Waals surface area contributed by atoms with E-state index in [0.717, 1.165) is 32.1 Å². The summed E-state index contributed by atoms with van der Waals surface area (Å²) in [6.45, 7) is 6.21. The largest absolute Gasteiger partial charge is 0.300 e. The second-order valence-electron chi connectivity index (χ2n) is 9.66. The summed E-state index contributed by atoms with van der Waals surface area (Å²) in [5.74, 6) is 2.63. The summed E-state index contributed by atoms with van der Waals surface area (Å²) < 4.78 is 0. The zero-order valence-electron chi connectivity index (χ0n) is 15.3. The number of carbonyl (C=O) groups excluding carboxylic acids is 3. The second kappa shape index (κ2) is 5.25. The maximum absolute atomic E-state index is 13.3. The lowest BCUT2D eigenvalue weighted by Gasteiger charge is -2.59. The molecule has 4 saturated carbocycles. The minimum atomic E-state index is -0.113. The molecule has 0 aromatic heterocycles. The topological polar surface area (TPSA) is 51.2 Å². The Balaban J connectivity index is 1.69. The van der Waals surface area contributed by atoms with Gasteiger partial charge in [-0.2, -0.15) is 0 Å². The lowest BCUT2D eigenvalue weighted by Crippen LogP contribution is -2.57. The molecule has 0 aromatic rings. The molecule has 0 spiro atoms. The Kier molecular flexibility index (Phi) is 3.61. The zero-order chi connectivity index (χ0) is 17.3. The molecule has 0 aliphatic heterocycles. The van der Waals surface area contributed by atoms with Gasteiger partial charge < -0.3 is 0 Å². The van der Waals surface area contributed by atoms with Gasteiger partial charge in [0.1, 0.15) is 17.3 Å². The average Bonchev–Trinajstić information content (AvgIpc) is 2.84. The molecule has 0 unspecified atom stereocenters. The van der Waals surface area contributed by atoms with Crippen molar-refractivity contribution in [1.29, 1.82) is 0 Å². The lowest BCUT2D eigenvalue weighted by atomic mass is 9.44. The third-order valence-corrected chi connectivity index (χ3v) is 8.66. The highest BCUT2D eigenvalue weighted by Crippen LogP contribution is 2.66. The van der Waals surface area contributed by atoms with Crippen LogP contribution >= 0.6 is 0 Å². The summed E-state index contributed by atoms with van der Waals surface area (Å²) in [4.78, 5) is 37.4. The minimum Gasteiger partial charge on any atom is -0.300 e. The van der Waals surface area contributed by atoms with Crippen LogP contribution in [0.1, 0.15) is 72.1 Å². The van der Waals surface area contributed by atoms with E-state index in [1.165, 1.54) is 0 Å². The molecule has 132 valence electrons. The molecule has 0 bridgehead atoms.